The molecule has 1 aromatic heterocycles. The number of amides is 1. The number of carbonyl (C=O) groups is 1. The Kier molecular flexibility index (Phi) is 4.99. The Balaban J connectivity index is 2.08. The van der Waals surface area contributed by atoms with E-state index in [1.54, 1.807) is 0 Å². The zero-order valence-electron chi connectivity index (χ0n) is 15.0. The topological polar surface area (TPSA) is 107 Å². The smallest absolute Gasteiger partial charge is 0.261 e. The number of halogens is 4. The Labute approximate surface area is 162 Å². The number of benzene rings is 2. The maximum absolute atomic E-state index is 13.8. The molecular formula is C17H14F4N4O3S. The van der Waals surface area contributed by atoms with Gasteiger partial charge >= 0.3 is 0 Å². The van der Waals surface area contributed by atoms with Crippen molar-refractivity contribution in [1.29, 1.82) is 0 Å². The van der Waals surface area contributed by atoms with Crippen LogP contribution in [-0.2, 0) is 10.0 Å². The Bertz CT molecular complexity index is 1230. The van der Waals surface area contributed by atoms with Gasteiger partial charge in [-0.15, -0.1) is 0 Å². The summed E-state index contributed by atoms with van der Waals surface area (Å²) in [4.78, 5) is 16.1. The highest BCUT2D eigenvalue weighted by atomic mass is 32.2. The number of fused-ring (bicyclic) bond motifs is 1. The van der Waals surface area contributed by atoms with Crippen molar-refractivity contribution in [1.82, 2.24) is 8.96 Å². The molecule has 3 aromatic rings. The van der Waals surface area contributed by atoms with Gasteiger partial charge in [0.1, 0.15) is 5.56 Å². The third kappa shape index (κ3) is 3.39. The molecule has 0 aliphatic heterocycles. The van der Waals surface area contributed by atoms with Crippen molar-refractivity contribution in [2.75, 3.05) is 11.1 Å². The van der Waals surface area contributed by atoms with Gasteiger partial charge in [-0.05, 0) is 32.0 Å². The molecule has 3 N–H and O–H groups in total. The van der Waals surface area contributed by atoms with Crippen LogP contribution in [0.15, 0.2) is 24.3 Å². The van der Waals surface area contributed by atoms with Crippen molar-refractivity contribution in [2.45, 2.75) is 19.1 Å². The Hall–Kier alpha value is -3.15. The molecule has 0 saturated heterocycles. The molecule has 0 fully saturated rings. The van der Waals surface area contributed by atoms with Crippen molar-refractivity contribution >= 4 is 38.6 Å². The van der Waals surface area contributed by atoms with Crippen molar-refractivity contribution in [3.05, 3.63) is 53.1 Å². The Morgan fingerprint density at radius 1 is 1.10 bits per heavy atom. The number of nitrogens with two attached hydrogens (primary N) is 1. The molecule has 0 aliphatic carbocycles. The van der Waals surface area contributed by atoms with Crippen molar-refractivity contribution < 1.29 is 30.8 Å². The predicted octanol–water partition coefficient (Wildman–Crippen LogP) is 3.01. The fourth-order valence-corrected chi connectivity index (χ4v) is 3.74. The number of aromatic nitrogens is 2. The first-order valence-electron chi connectivity index (χ1n) is 8.11. The zero-order chi connectivity index (χ0) is 21.7. The van der Waals surface area contributed by atoms with E-state index in [4.69, 9.17) is 5.73 Å². The van der Waals surface area contributed by atoms with Crippen molar-refractivity contribution in [3.63, 3.8) is 0 Å². The van der Waals surface area contributed by atoms with Crippen LogP contribution < -0.4 is 11.1 Å². The molecule has 12 heteroatoms. The fraction of sp³-hybridized carbons (Fsp3) is 0.176. The van der Waals surface area contributed by atoms with Gasteiger partial charge in [0.05, 0.1) is 16.3 Å². The van der Waals surface area contributed by atoms with E-state index in [2.05, 4.69) is 10.3 Å². The van der Waals surface area contributed by atoms with Gasteiger partial charge in [0, 0.05) is 11.8 Å². The van der Waals surface area contributed by atoms with Gasteiger partial charge < -0.3 is 11.1 Å². The van der Waals surface area contributed by atoms with Crippen LogP contribution >= 0.6 is 0 Å². The zero-order valence-corrected chi connectivity index (χ0v) is 15.8. The molecule has 7 nitrogen and oxygen atoms in total. The number of hydrogen-bond acceptors (Lipinski definition) is 5. The Morgan fingerprint density at radius 3 is 2.24 bits per heavy atom. The van der Waals surface area contributed by atoms with Crippen LogP contribution in [0.5, 0.6) is 0 Å². The van der Waals surface area contributed by atoms with Gasteiger partial charge in [0.15, 0.2) is 23.3 Å². The molecule has 0 bridgehead atoms. The molecule has 1 amide bonds. The molecule has 0 radical (unpaired) electrons. The second-order valence-corrected chi connectivity index (χ2v) is 8.67. The lowest BCUT2D eigenvalue weighted by atomic mass is 10.1. The van der Waals surface area contributed by atoms with Crippen molar-refractivity contribution in [3.8, 4) is 0 Å². The second-order valence-electron chi connectivity index (χ2n) is 6.33. The van der Waals surface area contributed by atoms with Gasteiger partial charge in [-0.2, -0.15) is 0 Å². The molecule has 0 atom stereocenters. The van der Waals surface area contributed by atoms with Crippen LogP contribution in [0.25, 0.3) is 11.0 Å². The number of hydrogen-bond donors (Lipinski definition) is 2. The number of rotatable bonds is 4. The number of anilines is 2. The van der Waals surface area contributed by atoms with Gasteiger partial charge in [0.25, 0.3) is 5.91 Å². The third-order valence-electron chi connectivity index (χ3n) is 4.08. The van der Waals surface area contributed by atoms with Crippen LogP contribution in [0, 0.1) is 23.3 Å². The molecule has 2 aromatic carbocycles. The van der Waals surface area contributed by atoms with E-state index in [-0.39, 0.29) is 28.7 Å². The monoisotopic (exact) mass is 430 g/mol. The number of nitrogens with one attached hydrogen (secondary N) is 1. The minimum Gasteiger partial charge on any atom is -0.368 e. The standard InChI is InChI=1S/C17H14F4N4O3S/c1-7(2)29(27,28)25-12-5-8(3-4-11(12)24-17(25)22)23-16(26)13-14(20)9(18)6-10(19)15(13)21/h3-7H,1-2H3,(H2,22,24)(H,23,26). The van der Waals surface area contributed by atoms with E-state index < -0.39 is 50.0 Å². The highest BCUT2D eigenvalue weighted by molar-refractivity contribution is 7.90. The van der Waals surface area contributed by atoms with Gasteiger partial charge in [0.2, 0.25) is 16.0 Å². The van der Waals surface area contributed by atoms with E-state index in [1.807, 2.05) is 0 Å². The van der Waals surface area contributed by atoms with E-state index in [1.165, 1.54) is 26.0 Å². The van der Waals surface area contributed by atoms with Crippen LogP contribution in [0.2, 0.25) is 0 Å². The van der Waals surface area contributed by atoms with E-state index in [9.17, 15) is 30.8 Å². The molecule has 0 saturated carbocycles. The number of nitrogens with zero attached hydrogens (tertiary/aromatic N) is 2. The van der Waals surface area contributed by atoms with Gasteiger partial charge in [-0.1, -0.05) is 0 Å². The highest BCUT2D eigenvalue weighted by Gasteiger charge is 2.27. The predicted molar refractivity (Wildman–Crippen MR) is 97.8 cm³/mol. The summed E-state index contributed by atoms with van der Waals surface area (Å²) in [5.74, 6) is -8.99. The van der Waals surface area contributed by atoms with Crippen LogP contribution in [0.1, 0.15) is 24.2 Å². The number of carbonyl (C=O) groups excluding carboxylic acids is 1. The van der Waals surface area contributed by atoms with Gasteiger partial charge in [-0.25, -0.2) is 34.9 Å². The average molecular weight is 430 g/mol. The number of nitrogen functional groups attached to an aromatic ring is 1. The summed E-state index contributed by atoms with van der Waals surface area (Å²) in [5, 5.41) is 1.23. The SMILES string of the molecule is CC(C)S(=O)(=O)n1c(N)nc2ccc(NC(=O)c3c(F)c(F)cc(F)c3F)cc21. The van der Waals surface area contributed by atoms with Crippen LogP contribution in [0.3, 0.4) is 0 Å². The lowest BCUT2D eigenvalue weighted by Gasteiger charge is -2.12. The first-order chi connectivity index (χ1) is 13.4. The molecular weight excluding hydrogens is 416 g/mol. The molecule has 3 rings (SSSR count). The van der Waals surface area contributed by atoms with Crippen molar-refractivity contribution in [2.24, 2.45) is 0 Å². The quantitative estimate of drug-likeness (QED) is 0.489. The molecule has 1 heterocycles. The molecule has 0 unspecified atom stereocenters. The lowest BCUT2D eigenvalue weighted by molar-refractivity contribution is 0.101. The average Bonchev–Trinajstić information content (AvgIpc) is 2.95. The summed E-state index contributed by atoms with van der Waals surface area (Å²) < 4.78 is 80.1. The maximum atomic E-state index is 13.8. The summed E-state index contributed by atoms with van der Waals surface area (Å²) >= 11 is 0. The van der Waals surface area contributed by atoms with E-state index in [0.29, 0.717) is 0 Å². The normalized spacial score (nSPS) is 12.0. The summed E-state index contributed by atoms with van der Waals surface area (Å²) in [5.41, 5.74) is 4.32. The molecule has 0 aliphatic rings. The largest absolute Gasteiger partial charge is 0.368 e. The van der Waals surface area contributed by atoms with E-state index >= 15 is 0 Å². The molecule has 154 valence electrons. The second kappa shape index (κ2) is 7.03. The number of imidazole rings is 1. The van der Waals surface area contributed by atoms with Crippen LogP contribution in [0.4, 0.5) is 29.2 Å². The Morgan fingerprint density at radius 2 is 1.69 bits per heavy atom. The summed E-state index contributed by atoms with van der Waals surface area (Å²) in [6.45, 7) is 2.85. The van der Waals surface area contributed by atoms with Crippen LogP contribution in [-0.4, -0.2) is 28.5 Å². The summed E-state index contributed by atoms with van der Waals surface area (Å²) in [6, 6.07) is 3.70. The fourth-order valence-electron chi connectivity index (χ4n) is 2.60. The van der Waals surface area contributed by atoms with Gasteiger partial charge in [-0.3, -0.25) is 4.79 Å². The highest BCUT2D eigenvalue weighted by Crippen LogP contribution is 2.26. The third-order valence-corrected chi connectivity index (χ3v) is 6.17. The first-order valence-corrected chi connectivity index (χ1v) is 9.62. The maximum Gasteiger partial charge on any atom is 0.261 e. The first kappa shape index (κ1) is 20.6. The van der Waals surface area contributed by atoms with E-state index in [0.717, 1.165) is 10.0 Å². The minimum atomic E-state index is -3.92. The molecule has 29 heavy (non-hydrogen) atoms. The summed E-state index contributed by atoms with van der Waals surface area (Å²) in [6.07, 6.45) is 0. The lowest BCUT2D eigenvalue weighted by Crippen LogP contribution is -2.23. The minimum absolute atomic E-state index is 0.000340. The molecule has 0 spiro atoms. The summed E-state index contributed by atoms with van der Waals surface area (Å²) in [7, 11) is -3.92.